The predicted octanol–water partition coefficient (Wildman–Crippen LogP) is 1.80. The van der Waals surface area contributed by atoms with Gasteiger partial charge >= 0.3 is 0 Å². The number of hydrogen-bond acceptors (Lipinski definition) is 4. The lowest BCUT2D eigenvalue weighted by atomic mass is 10.1. The molecule has 0 spiro atoms. The third-order valence-corrected chi connectivity index (χ3v) is 3.45. The first-order valence-corrected chi connectivity index (χ1v) is 7.57. The van der Waals surface area contributed by atoms with Gasteiger partial charge in [-0.25, -0.2) is 0 Å². The van der Waals surface area contributed by atoms with Crippen LogP contribution in [0.25, 0.3) is 0 Å². The van der Waals surface area contributed by atoms with Crippen LogP contribution in [0.1, 0.15) is 30.6 Å². The molecule has 0 aromatic heterocycles. The van der Waals surface area contributed by atoms with Crippen molar-refractivity contribution in [2.45, 2.75) is 20.3 Å². The fourth-order valence-corrected chi connectivity index (χ4v) is 2.29. The number of nitrogens with two attached hydrogens (primary N) is 1. The van der Waals surface area contributed by atoms with Crippen LogP contribution in [0.3, 0.4) is 0 Å². The van der Waals surface area contributed by atoms with E-state index in [0.717, 1.165) is 31.7 Å². The summed E-state index contributed by atoms with van der Waals surface area (Å²) in [5.74, 6) is -0.0708. The summed E-state index contributed by atoms with van der Waals surface area (Å²) in [5.41, 5.74) is 7.90. The molecule has 1 amide bonds. The zero-order valence-corrected chi connectivity index (χ0v) is 13.6. The summed E-state index contributed by atoms with van der Waals surface area (Å²) >= 11 is 0. The maximum atomic E-state index is 12.3. The van der Waals surface area contributed by atoms with Crippen LogP contribution >= 0.6 is 0 Å². The molecule has 0 atom stereocenters. The number of rotatable bonds is 8. The summed E-state index contributed by atoms with van der Waals surface area (Å²) in [4.78, 5) is 16.6. The number of likely N-dealkylation sites (N-methyl/N-ethyl adjacent to an activating group) is 1. The Morgan fingerprint density at radius 1 is 1.24 bits per heavy atom. The number of carbonyl (C=O) groups is 1. The van der Waals surface area contributed by atoms with Gasteiger partial charge in [-0.05, 0) is 37.7 Å². The van der Waals surface area contributed by atoms with Crippen LogP contribution in [0.5, 0.6) is 0 Å². The summed E-state index contributed by atoms with van der Waals surface area (Å²) in [7, 11) is 3.84. The molecule has 21 heavy (non-hydrogen) atoms. The molecule has 0 radical (unpaired) electrons. The van der Waals surface area contributed by atoms with Gasteiger partial charge in [0.05, 0.1) is 5.56 Å². The summed E-state index contributed by atoms with van der Waals surface area (Å²) in [6, 6.07) is 5.42. The molecular weight excluding hydrogens is 264 g/mol. The van der Waals surface area contributed by atoms with Gasteiger partial charge in [0.2, 0.25) is 0 Å². The summed E-state index contributed by atoms with van der Waals surface area (Å²) in [6.45, 7) is 7.89. The molecule has 5 heteroatoms. The number of hydrogen-bond donors (Lipinski definition) is 2. The van der Waals surface area contributed by atoms with Crippen molar-refractivity contribution in [3.63, 3.8) is 0 Å². The molecule has 0 fully saturated rings. The third-order valence-electron chi connectivity index (χ3n) is 3.45. The van der Waals surface area contributed by atoms with Crippen LogP contribution in [0.15, 0.2) is 18.2 Å². The number of anilines is 2. The van der Waals surface area contributed by atoms with Gasteiger partial charge in [-0.1, -0.05) is 13.8 Å². The van der Waals surface area contributed by atoms with E-state index in [4.69, 9.17) is 5.73 Å². The Morgan fingerprint density at radius 2 is 1.95 bits per heavy atom. The number of nitrogen functional groups attached to an aromatic ring is 1. The van der Waals surface area contributed by atoms with Crippen LogP contribution in [0, 0.1) is 0 Å². The zero-order valence-electron chi connectivity index (χ0n) is 13.6. The molecule has 1 aromatic carbocycles. The first kappa shape index (κ1) is 17.3. The first-order valence-electron chi connectivity index (χ1n) is 7.57. The Bertz CT molecular complexity index is 460. The van der Waals surface area contributed by atoms with Crippen LogP contribution in [-0.2, 0) is 0 Å². The van der Waals surface area contributed by atoms with Crippen molar-refractivity contribution in [1.29, 1.82) is 0 Å². The van der Waals surface area contributed by atoms with E-state index >= 15 is 0 Å². The van der Waals surface area contributed by atoms with Gasteiger partial charge in [-0.2, -0.15) is 0 Å². The largest absolute Gasteiger partial charge is 0.399 e. The minimum absolute atomic E-state index is 0.0708. The molecule has 3 N–H and O–H groups in total. The molecule has 0 bridgehead atoms. The van der Waals surface area contributed by atoms with E-state index in [-0.39, 0.29) is 5.91 Å². The van der Waals surface area contributed by atoms with E-state index in [2.05, 4.69) is 24.1 Å². The fourth-order valence-electron chi connectivity index (χ4n) is 2.29. The Labute approximate surface area is 128 Å². The number of amides is 1. The second kappa shape index (κ2) is 8.52. The lowest BCUT2D eigenvalue weighted by Crippen LogP contribution is -2.35. The first-order chi connectivity index (χ1) is 9.99. The molecule has 0 heterocycles. The van der Waals surface area contributed by atoms with Crippen LogP contribution < -0.4 is 16.0 Å². The van der Waals surface area contributed by atoms with E-state index in [1.165, 1.54) is 0 Å². The van der Waals surface area contributed by atoms with Crippen molar-refractivity contribution in [3.8, 4) is 0 Å². The van der Waals surface area contributed by atoms with Crippen molar-refractivity contribution in [1.82, 2.24) is 10.2 Å². The average Bonchev–Trinajstić information content (AvgIpc) is 2.45. The monoisotopic (exact) mass is 292 g/mol. The van der Waals surface area contributed by atoms with Gasteiger partial charge in [0.25, 0.3) is 5.91 Å². The number of nitrogens with zero attached hydrogens (tertiary/aromatic N) is 2. The second-order valence-electron chi connectivity index (χ2n) is 5.36. The van der Waals surface area contributed by atoms with E-state index in [1.54, 1.807) is 6.07 Å². The van der Waals surface area contributed by atoms with Gasteiger partial charge in [-0.15, -0.1) is 0 Å². The lowest BCUT2D eigenvalue weighted by Gasteiger charge is -2.21. The highest BCUT2D eigenvalue weighted by Gasteiger charge is 2.13. The molecule has 118 valence electrons. The van der Waals surface area contributed by atoms with Crippen molar-refractivity contribution < 1.29 is 4.79 Å². The van der Waals surface area contributed by atoms with E-state index in [0.29, 0.717) is 17.8 Å². The average molecular weight is 292 g/mol. The van der Waals surface area contributed by atoms with Crippen LogP contribution in [0.2, 0.25) is 0 Å². The summed E-state index contributed by atoms with van der Waals surface area (Å²) < 4.78 is 0. The van der Waals surface area contributed by atoms with Gasteiger partial charge in [0, 0.05) is 38.6 Å². The molecule has 0 saturated carbocycles. The predicted molar refractivity (Wildman–Crippen MR) is 89.9 cm³/mol. The van der Waals surface area contributed by atoms with Crippen molar-refractivity contribution in [2.24, 2.45) is 0 Å². The molecule has 0 saturated heterocycles. The zero-order chi connectivity index (χ0) is 15.8. The quantitative estimate of drug-likeness (QED) is 0.717. The van der Waals surface area contributed by atoms with E-state index in [1.807, 2.05) is 31.1 Å². The van der Waals surface area contributed by atoms with Crippen molar-refractivity contribution >= 4 is 17.3 Å². The molecule has 0 unspecified atom stereocenters. The van der Waals surface area contributed by atoms with Gasteiger partial charge < -0.3 is 20.9 Å². The number of carbonyl (C=O) groups excluding carboxylic acids is 1. The minimum atomic E-state index is -0.0708. The van der Waals surface area contributed by atoms with Gasteiger partial charge in [0.15, 0.2) is 0 Å². The van der Waals surface area contributed by atoms with Crippen LogP contribution in [0.4, 0.5) is 11.4 Å². The number of nitrogens with one attached hydrogen (secondary N) is 1. The van der Waals surface area contributed by atoms with E-state index in [9.17, 15) is 4.79 Å². The topological polar surface area (TPSA) is 61.6 Å². The smallest absolute Gasteiger partial charge is 0.253 e. The molecule has 1 rings (SSSR count). The summed E-state index contributed by atoms with van der Waals surface area (Å²) in [5, 5.41) is 2.98. The second-order valence-corrected chi connectivity index (χ2v) is 5.36. The minimum Gasteiger partial charge on any atom is -0.399 e. The fraction of sp³-hybridized carbons (Fsp3) is 0.562. The Morgan fingerprint density at radius 3 is 2.52 bits per heavy atom. The molecular formula is C16H28N4O. The van der Waals surface area contributed by atoms with Crippen LogP contribution in [-0.4, -0.2) is 51.1 Å². The van der Waals surface area contributed by atoms with Gasteiger partial charge in [0.1, 0.15) is 0 Å². The van der Waals surface area contributed by atoms with Gasteiger partial charge in [-0.3, -0.25) is 4.79 Å². The summed E-state index contributed by atoms with van der Waals surface area (Å²) in [6.07, 6.45) is 1.13. The molecule has 1 aromatic rings. The Balaban J connectivity index is 2.65. The standard InChI is InChI=1S/C16H28N4O/c1-5-10-20(6-2)11-9-18-16(21)14-12-13(17)7-8-15(14)19(3)4/h7-8,12H,5-6,9-11,17H2,1-4H3,(H,18,21). The maximum absolute atomic E-state index is 12.3. The Hall–Kier alpha value is -1.75. The highest BCUT2D eigenvalue weighted by Crippen LogP contribution is 2.21. The maximum Gasteiger partial charge on any atom is 0.253 e. The normalized spacial score (nSPS) is 10.7. The highest BCUT2D eigenvalue weighted by atomic mass is 16.1. The highest BCUT2D eigenvalue weighted by molar-refractivity contribution is 6.00. The Kier molecular flexibility index (Phi) is 7.02. The third kappa shape index (κ3) is 5.27. The molecule has 0 aliphatic heterocycles. The SMILES string of the molecule is CCCN(CC)CCNC(=O)c1cc(N)ccc1N(C)C. The molecule has 0 aliphatic rings. The number of benzene rings is 1. The van der Waals surface area contributed by atoms with Crippen molar-refractivity contribution in [3.05, 3.63) is 23.8 Å². The lowest BCUT2D eigenvalue weighted by molar-refractivity contribution is 0.0949. The van der Waals surface area contributed by atoms with E-state index < -0.39 is 0 Å². The molecule has 0 aliphatic carbocycles. The van der Waals surface area contributed by atoms with Crippen molar-refractivity contribution in [2.75, 3.05) is 50.9 Å². The molecule has 5 nitrogen and oxygen atoms in total.